The minimum atomic E-state index is -1.58. The van der Waals surface area contributed by atoms with Crippen LogP contribution in [-0.4, -0.2) is 87.5 Å². The number of hydrogen-bond donors (Lipinski definition) is 6. The number of carbonyl (C=O) groups excluding carboxylic acids is 1. The highest BCUT2D eigenvalue weighted by Gasteiger charge is 2.44. The summed E-state index contributed by atoms with van der Waals surface area (Å²) in [5, 5.41) is 54.7. The molecule has 6 N–H and O–H groups in total. The van der Waals surface area contributed by atoms with Crippen LogP contribution in [0.1, 0.15) is 303 Å². The molecule has 9 heteroatoms. The Kier molecular flexibility index (Phi) is 56.1. The zero-order chi connectivity index (χ0) is 57.9. The third-order valence-corrected chi connectivity index (χ3v) is 15.7. The van der Waals surface area contributed by atoms with Crippen molar-refractivity contribution in [2.24, 2.45) is 0 Å². The molecule has 1 fully saturated rings. The highest BCUT2D eigenvalue weighted by molar-refractivity contribution is 5.76. The van der Waals surface area contributed by atoms with E-state index in [0.717, 1.165) is 70.6 Å². The van der Waals surface area contributed by atoms with Gasteiger partial charge in [0.15, 0.2) is 6.29 Å². The Bertz CT molecular complexity index is 1540. The van der Waals surface area contributed by atoms with E-state index in [-0.39, 0.29) is 12.5 Å². The van der Waals surface area contributed by atoms with Gasteiger partial charge in [0.25, 0.3) is 0 Å². The summed E-state index contributed by atoms with van der Waals surface area (Å²) in [5.74, 6) is -0.185. The van der Waals surface area contributed by atoms with E-state index in [9.17, 15) is 30.3 Å². The Balaban J connectivity index is 2.15. The fourth-order valence-electron chi connectivity index (χ4n) is 10.4. The van der Waals surface area contributed by atoms with Crippen LogP contribution in [-0.2, 0) is 14.3 Å². The highest BCUT2D eigenvalue weighted by atomic mass is 16.7. The molecule has 464 valence electrons. The van der Waals surface area contributed by atoms with E-state index >= 15 is 0 Å². The number of unbranched alkanes of at least 4 members (excludes halogenated alkanes) is 36. The summed E-state index contributed by atoms with van der Waals surface area (Å²) in [4.78, 5) is 13.1. The number of aliphatic hydroxyl groups excluding tert-OH is 5. The van der Waals surface area contributed by atoms with Gasteiger partial charge in [0.05, 0.1) is 25.4 Å². The van der Waals surface area contributed by atoms with Crippen LogP contribution in [0.5, 0.6) is 0 Å². The molecule has 7 unspecified atom stereocenters. The lowest BCUT2D eigenvalue weighted by atomic mass is 9.99. The fourth-order valence-corrected chi connectivity index (χ4v) is 10.4. The molecule has 7 atom stereocenters. The van der Waals surface area contributed by atoms with E-state index in [1.165, 1.54) is 212 Å². The van der Waals surface area contributed by atoms with Gasteiger partial charge in [-0.3, -0.25) is 4.79 Å². The smallest absolute Gasteiger partial charge is 0.220 e. The molecule has 1 aliphatic rings. The first-order valence-electron chi connectivity index (χ1n) is 33.8. The number of carbonyl (C=O) groups is 1. The average molecular weight is 1120 g/mol. The van der Waals surface area contributed by atoms with Crippen molar-refractivity contribution in [3.8, 4) is 0 Å². The predicted octanol–water partition coefficient (Wildman–Crippen LogP) is 18.1. The number of amides is 1. The average Bonchev–Trinajstić information content (AvgIpc) is 3.46. The van der Waals surface area contributed by atoms with Crippen molar-refractivity contribution in [1.82, 2.24) is 5.32 Å². The lowest BCUT2D eigenvalue weighted by molar-refractivity contribution is -0.302. The Labute approximate surface area is 492 Å². The maximum atomic E-state index is 13.1. The summed E-state index contributed by atoms with van der Waals surface area (Å²) in [6.45, 7) is 3.68. The summed E-state index contributed by atoms with van der Waals surface area (Å²) in [6.07, 6.45) is 78.2. The van der Waals surface area contributed by atoms with Crippen LogP contribution < -0.4 is 5.32 Å². The molecule has 0 aliphatic carbocycles. The highest BCUT2D eigenvalue weighted by Crippen LogP contribution is 2.23. The van der Waals surface area contributed by atoms with Crippen molar-refractivity contribution in [2.75, 3.05) is 13.2 Å². The summed E-state index contributed by atoms with van der Waals surface area (Å²) < 4.78 is 11.3. The summed E-state index contributed by atoms with van der Waals surface area (Å²) in [7, 11) is 0. The van der Waals surface area contributed by atoms with Crippen LogP contribution in [0, 0.1) is 0 Å². The molecule has 0 aromatic heterocycles. The third kappa shape index (κ3) is 47.8. The molecule has 1 aliphatic heterocycles. The second kappa shape index (κ2) is 59.5. The van der Waals surface area contributed by atoms with E-state index in [2.05, 4.69) is 92.1 Å². The van der Waals surface area contributed by atoms with E-state index < -0.39 is 49.5 Å². The van der Waals surface area contributed by atoms with Crippen molar-refractivity contribution < 1.29 is 39.8 Å². The van der Waals surface area contributed by atoms with Gasteiger partial charge in [-0.25, -0.2) is 0 Å². The fraction of sp³-hybridized carbons (Fsp3) is 0.789. The Morgan fingerprint density at radius 2 is 0.787 bits per heavy atom. The summed E-state index contributed by atoms with van der Waals surface area (Å²) in [6, 6.07) is -0.826. The lowest BCUT2D eigenvalue weighted by Gasteiger charge is -2.40. The second-order valence-electron chi connectivity index (χ2n) is 23.2. The lowest BCUT2D eigenvalue weighted by Crippen LogP contribution is -2.60. The van der Waals surface area contributed by atoms with Crippen molar-refractivity contribution in [3.63, 3.8) is 0 Å². The van der Waals surface area contributed by atoms with Gasteiger partial charge in [-0.1, -0.05) is 304 Å². The predicted molar refractivity (Wildman–Crippen MR) is 341 cm³/mol. The number of hydrogen-bond acceptors (Lipinski definition) is 8. The molecule has 0 radical (unpaired) electrons. The largest absolute Gasteiger partial charge is 0.394 e. The quantitative estimate of drug-likeness (QED) is 0.0261. The van der Waals surface area contributed by atoms with Crippen LogP contribution in [0.2, 0.25) is 0 Å². The molecule has 1 rings (SSSR count). The minimum Gasteiger partial charge on any atom is -0.394 e. The van der Waals surface area contributed by atoms with Gasteiger partial charge in [0.2, 0.25) is 5.91 Å². The number of ether oxygens (including phenoxy) is 2. The van der Waals surface area contributed by atoms with E-state index in [0.29, 0.717) is 6.42 Å². The van der Waals surface area contributed by atoms with Crippen molar-refractivity contribution >= 4 is 5.91 Å². The molecular weight excluding hydrogens is 995 g/mol. The van der Waals surface area contributed by atoms with Gasteiger partial charge in [-0.2, -0.15) is 0 Å². The Hall–Kier alpha value is -2.63. The third-order valence-electron chi connectivity index (χ3n) is 15.7. The first-order valence-corrected chi connectivity index (χ1v) is 33.8. The van der Waals surface area contributed by atoms with Crippen LogP contribution in [0.15, 0.2) is 85.1 Å². The minimum absolute atomic E-state index is 0.185. The second-order valence-corrected chi connectivity index (χ2v) is 23.2. The normalized spacial score (nSPS) is 19.0. The number of nitrogens with one attached hydrogen (secondary N) is 1. The molecule has 0 aromatic carbocycles. The van der Waals surface area contributed by atoms with Crippen LogP contribution in [0.25, 0.3) is 0 Å². The SMILES string of the molecule is CC/C=C\C/C=C\C/C=C\C/C=C\C/C=C\CCCCCCCCCCCCCCCCCCCC(=O)NC(COC1OC(CO)C(O)C(O)C1O)C(O)/C=C/CC/C=C/CCCCCCCCCCCCCCCCCCCC. The molecule has 0 saturated carbocycles. The van der Waals surface area contributed by atoms with Crippen LogP contribution in [0.4, 0.5) is 0 Å². The summed E-state index contributed by atoms with van der Waals surface area (Å²) >= 11 is 0. The Morgan fingerprint density at radius 3 is 1.20 bits per heavy atom. The first kappa shape index (κ1) is 75.4. The van der Waals surface area contributed by atoms with Crippen LogP contribution in [0.3, 0.4) is 0 Å². The molecule has 1 heterocycles. The molecule has 9 nitrogen and oxygen atoms in total. The molecule has 0 bridgehead atoms. The first-order chi connectivity index (χ1) is 39.3. The van der Waals surface area contributed by atoms with Crippen molar-refractivity contribution in [2.45, 2.75) is 346 Å². The Morgan fingerprint density at radius 1 is 0.438 bits per heavy atom. The van der Waals surface area contributed by atoms with Gasteiger partial charge >= 0.3 is 0 Å². The standard InChI is InChI=1S/C71H127NO8/c1-3-5-7-9-11-13-15-17-19-21-23-25-27-29-30-31-32-33-34-35-36-37-39-41-43-45-47-49-51-53-55-57-59-61-67(75)72-64(63-79-71-70(78)69(77)68(76)66(62-73)80-71)65(74)60-58-56-54-52-50-48-46-44-42-40-38-28-26-24-22-20-18-16-14-12-10-8-6-4-2/h5,7,11,13,17,19,23,25,29-30,50,52,58,60,64-66,68-71,73-74,76-78H,3-4,6,8-10,12,14-16,18,20-22,24,26-28,31-49,51,53-57,59,61-63H2,1-2H3,(H,72,75)/b7-5-,13-11-,19-17-,25-23-,30-29-,52-50+,60-58+. The van der Waals surface area contributed by atoms with Gasteiger partial charge in [-0.15, -0.1) is 0 Å². The van der Waals surface area contributed by atoms with Gasteiger partial charge in [0.1, 0.15) is 24.4 Å². The summed E-state index contributed by atoms with van der Waals surface area (Å²) in [5.41, 5.74) is 0. The molecule has 80 heavy (non-hydrogen) atoms. The zero-order valence-corrected chi connectivity index (χ0v) is 51.8. The number of allylic oxidation sites excluding steroid dienone is 13. The molecule has 0 aromatic rings. The molecule has 1 amide bonds. The van der Waals surface area contributed by atoms with Gasteiger partial charge < -0.3 is 40.3 Å². The zero-order valence-electron chi connectivity index (χ0n) is 51.8. The maximum Gasteiger partial charge on any atom is 0.220 e. The van der Waals surface area contributed by atoms with Crippen LogP contribution >= 0.6 is 0 Å². The van der Waals surface area contributed by atoms with Gasteiger partial charge in [-0.05, 0) is 77.0 Å². The van der Waals surface area contributed by atoms with Gasteiger partial charge in [0, 0.05) is 6.42 Å². The topological polar surface area (TPSA) is 149 Å². The maximum absolute atomic E-state index is 13.1. The molecular formula is C71H127NO8. The monoisotopic (exact) mass is 1120 g/mol. The van der Waals surface area contributed by atoms with E-state index in [1.807, 2.05) is 6.08 Å². The number of aliphatic hydroxyl groups is 5. The molecule has 1 saturated heterocycles. The van der Waals surface area contributed by atoms with Crippen molar-refractivity contribution in [1.29, 1.82) is 0 Å². The molecule has 0 spiro atoms. The number of rotatable bonds is 58. The van der Waals surface area contributed by atoms with Crippen molar-refractivity contribution in [3.05, 3.63) is 85.1 Å². The van der Waals surface area contributed by atoms with E-state index in [4.69, 9.17) is 9.47 Å². The van der Waals surface area contributed by atoms with E-state index in [1.54, 1.807) is 6.08 Å².